The lowest BCUT2D eigenvalue weighted by atomic mass is 10.0. The van der Waals surface area contributed by atoms with E-state index in [1.165, 1.54) is 0 Å². The van der Waals surface area contributed by atoms with E-state index >= 15 is 0 Å². The van der Waals surface area contributed by atoms with E-state index in [1.807, 2.05) is 54.6 Å². The average molecular weight is 567 g/mol. The van der Waals surface area contributed by atoms with Gasteiger partial charge in [0.15, 0.2) is 0 Å². The first-order chi connectivity index (χ1) is 20.0. The number of amides is 2. The summed E-state index contributed by atoms with van der Waals surface area (Å²) in [5, 5.41) is 13.1. The number of carbonyl (C=O) groups is 2. The third-order valence-electron chi connectivity index (χ3n) is 6.83. The van der Waals surface area contributed by atoms with Gasteiger partial charge in [0.05, 0.1) is 5.52 Å². The zero-order valence-electron chi connectivity index (χ0n) is 22.5. The lowest BCUT2D eigenvalue weighted by Gasteiger charge is -2.12. The van der Waals surface area contributed by atoms with Crippen molar-refractivity contribution in [2.24, 2.45) is 5.73 Å². The molecule has 41 heavy (non-hydrogen) atoms. The molecule has 5 aromatic rings. The van der Waals surface area contributed by atoms with Crippen molar-refractivity contribution >= 4 is 50.9 Å². The molecule has 9 heteroatoms. The minimum Gasteiger partial charge on any atom is -0.369 e. The zero-order valence-corrected chi connectivity index (χ0v) is 23.2. The minimum absolute atomic E-state index is 0.00528. The van der Waals surface area contributed by atoms with Crippen molar-refractivity contribution in [3.63, 3.8) is 0 Å². The maximum Gasteiger partial charge on any atom is 0.248 e. The fraction of sp³-hybridized carbons (Fsp3) is 0.188. The van der Waals surface area contributed by atoms with Gasteiger partial charge in [0.2, 0.25) is 11.8 Å². The van der Waals surface area contributed by atoms with Crippen LogP contribution in [0.3, 0.4) is 0 Å². The van der Waals surface area contributed by atoms with Crippen molar-refractivity contribution in [1.82, 2.24) is 20.6 Å². The predicted molar refractivity (Wildman–Crippen MR) is 165 cm³/mol. The molecule has 8 nitrogen and oxygen atoms in total. The van der Waals surface area contributed by atoms with E-state index in [2.05, 4.69) is 27.0 Å². The van der Waals surface area contributed by atoms with E-state index in [9.17, 15) is 9.59 Å². The number of nitrogens with zero attached hydrogens (tertiary/aromatic N) is 2. The van der Waals surface area contributed by atoms with Gasteiger partial charge < -0.3 is 21.7 Å². The summed E-state index contributed by atoms with van der Waals surface area (Å²) >= 11 is 6.50. The summed E-state index contributed by atoms with van der Waals surface area (Å²) in [6, 6.07) is 23.2. The number of anilines is 1. The molecule has 5 rings (SSSR count). The number of primary amides is 1. The Labute approximate surface area is 243 Å². The number of benzene rings is 3. The monoisotopic (exact) mass is 566 g/mol. The summed E-state index contributed by atoms with van der Waals surface area (Å²) in [7, 11) is 0. The lowest BCUT2D eigenvalue weighted by Crippen LogP contribution is -2.29. The van der Waals surface area contributed by atoms with Gasteiger partial charge in [-0.3, -0.25) is 14.6 Å². The summed E-state index contributed by atoms with van der Waals surface area (Å²) < 4.78 is 0. The minimum atomic E-state index is -0.498. The Morgan fingerprint density at radius 1 is 0.878 bits per heavy atom. The van der Waals surface area contributed by atoms with E-state index in [4.69, 9.17) is 22.3 Å². The molecule has 0 saturated carbocycles. The van der Waals surface area contributed by atoms with E-state index in [-0.39, 0.29) is 5.91 Å². The Bertz CT molecular complexity index is 1690. The molecule has 0 fully saturated rings. The molecule has 0 spiro atoms. The van der Waals surface area contributed by atoms with Crippen LogP contribution in [0.4, 0.5) is 5.82 Å². The van der Waals surface area contributed by atoms with Crippen molar-refractivity contribution in [1.29, 1.82) is 0 Å². The molecule has 0 unspecified atom stereocenters. The molecule has 5 N–H and O–H groups in total. The van der Waals surface area contributed by atoms with Crippen LogP contribution in [0.1, 0.15) is 28.8 Å². The summed E-state index contributed by atoms with van der Waals surface area (Å²) in [6.45, 7) is 2.36. The number of pyridine rings is 2. The van der Waals surface area contributed by atoms with Gasteiger partial charge in [-0.25, -0.2) is 4.98 Å². The number of halogens is 1. The molecular weight excluding hydrogens is 536 g/mol. The summed E-state index contributed by atoms with van der Waals surface area (Å²) in [4.78, 5) is 32.9. The molecule has 0 aliphatic rings. The first kappa shape index (κ1) is 28.0. The van der Waals surface area contributed by atoms with Gasteiger partial charge in [0.1, 0.15) is 5.82 Å². The molecule has 2 heterocycles. The highest BCUT2D eigenvalue weighted by atomic mass is 35.5. The molecule has 2 amide bonds. The van der Waals surface area contributed by atoms with Crippen LogP contribution in [0.25, 0.3) is 32.8 Å². The Balaban J connectivity index is 1.05. The Morgan fingerprint density at radius 3 is 2.54 bits per heavy atom. The number of nitrogens with one attached hydrogen (secondary N) is 3. The van der Waals surface area contributed by atoms with E-state index in [0.717, 1.165) is 39.3 Å². The molecule has 0 saturated heterocycles. The third-order valence-corrected chi connectivity index (χ3v) is 7.14. The number of aromatic nitrogens is 2. The Morgan fingerprint density at radius 2 is 1.73 bits per heavy atom. The number of fused-ring (bicyclic) bond motifs is 3. The molecule has 208 valence electrons. The van der Waals surface area contributed by atoms with Crippen molar-refractivity contribution in [3.05, 3.63) is 101 Å². The van der Waals surface area contributed by atoms with Crippen LogP contribution < -0.4 is 21.7 Å². The molecule has 3 aromatic carbocycles. The van der Waals surface area contributed by atoms with Crippen LogP contribution >= 0.6 is 11.6 Å². The summed E-state index contributed by atoms with van der Waals surface area (Å²) in [6.07, 6.45) is 4.62. The van der Waals surface area contributed by atoms with Crippen molar-refractivity contribution in [2.45, 2.75) is 19.4 Å². The highest BCUT2D eigenvalue weighted by Gasteiger charge is 2.11. The summed E-state index contributed by atoms with van der Waals surface area (Å²) in [5.41, 5.74) is 9.67. The van der Waals surface area contributed by atoms with Gasteiger partial charge in [-0.15, -0.1) is 0 Å². The van der Waals surface area contributed by atoms with Crippen molar-refractivity contribution in [2.75, 3.05) is 25.0 Å². The molecule has 0 aliphatic carbocycles. The molecule has 0 aliphatic heterocycles. The molecule has 0 atom stereocenters. The van der Waals surface area contributed by atoms with Crippen molar-refractivity contribution < 1.29 is 9.59 Å². The first-order valence-corrected chi connectivity index (χ1v) is 13.9. The Kier molecular flexibility index (Phi) is 9.03. The first-order valence-electron chi connectivity index (χ1n) is 13.5. The van der Waals surface area contributed by atoms with Gasteiger partial charge in [0.25, 0.3) is 0 Å². The van der Waals surface area contributed by atoms with Crippen LogP contribution in [0.5, 0.6) is 0 Å². The van der Waals surface area contributed by atoms with Crippen LogP contribution in [0.15, 0.2) is 85.2 Å². The third kappa shape index (κ3) is 6.98. The van der Waals surface area contributed by atoms with Crippen LogP contribution in [-0.2, 0) is 11.3 Å². The van der Waals surface area contributed by atoms with Crippen molar-refractivity contribution in [3.8, 4) is 11.1 Å². The number of rotatable bonds is 12. The van der Waals surface area contributed by atoms with Gasteiger partial charge in [-0.1, -0.05) is 60.1 Å². The maximum atomic E-state index is 12.3. The zero-order chi connectivity index (χ0) is 28.6. The smallest absolute Gasteiger partial charge is 0.248 e. The van der Waals surface area contributed by atoms with E-state index in [1.54, 1.807) is 24.5 Å². The predicted octanol–water partition coefficient (Wildman–Crippen LogP) is 5.30. The average Bonchev–Trinajstić information content (AvgIpc) is 2.99. The summed E-state index contributed by atoms with van der Waals surface area (Å²) in [5.74, 6) is 0.195. The van der Waals surface area contributed by atoms with Crippen LogP contribution in [-0.4, -0.2) is 41.4 Å². The second-order valence-electron chi connectivity index (χ2n) is 9.72. The van der Waals surface area contributed by atoms with Gasteiger partial charge in [-0.2, -0.15) is 0 Å². The maximum absolute atomic E-state index is 12.3. The number of hydrogen-bond acceptors (Lipinski definition) is 6. The molecule has 0 radical (unpaired) electrons. The largest absolute Gasteiger partial charge is 0.369 e. The van der Waals surface area contributed by atoms with Crippen LogP contribution in [0, 0.1) is 0 Å². The molecular formula is C32H31ClN6O2. The Hall–Kier alpha value is -4.53. The topological polar surface area (TPSA) is 122 Å². The highest BCUT2D eigenvalue weighted by Crippen LogP contribution is 2.30. The number of carbonyl (C=O) groups excluding carboxylic acids is 2. The fourth-order valence-corrected chi connectivity index (χ4v) is 5.01. The molecule has 0 bridgehead atoms. The second kappa shape index (κ2) is 13.2. The standard InChI is InChI=1S/C32H31ClN6O2/c33-28-17-21(7-9-24(28)22-5-2-1-3-6-22)19-35-16-12-30(40)37-13-4-14-38-32-26-11-15-36-20-27(26)25-10-8-23(31(34)41)18-29(25)39-32/h1-3,5-11,15,17-18,20,35H,4,12-14,16,19H2,(H2,34,41)(H,37,40)(H,38,39). The SMILES string of the molecule is NC(=O)c1ccc2c(c1)nc(NCCCNC(=O)CCNCc1ccc(-c3ccccc3)c(Cl)c1)c1ccncc12. The second-order valence-corrected chi connectivity index (χ2v) is 10.1. The fourth-order valence-electron chi connectivity index (χ4n) is 4.70. The van der Waals surface area contributed by atoms with E-state index < -0.39 is 5.91 Å². The molecule has 2 aromatic heterocycles. The van der Waals surface area contributed by atoms with Gasteiger partial charge >= 0.3 is 0 Å². The number of nitrogens with two attached hydrogens (primary N) is 1. The quantitative estimate of drug-likeness (QED) is 0.120. The lowest BCUT2D eigenvalue weighted by molar-refractivity contribution is -0.121. The van der Waals surface area contributed by atoms with Crippen LogP contribution in [0.2, 0.25) is 5.02 Å². The highest BCUT2D eigenvalue weighted by molar-refractivity contribution is 6.33. The van der Waals surface area contributed by atoms with Gasteiger partial charge in [0, 0.05) is 77.3 Å². The van der Waals surface area contributed by atoms with Gasteiger partial charge in [-0.05, 0) is 41.8 Å². The normalized spacial score (nSPS) is 11.0. The van der Waals surface area contributed by atoms with E-state index in [0.29, 0.717) is 54.5 Å². The number of hydrogen-bond donors (Lipinski definition) is 4.